The lowest BCUT2D eigenvalue weighted by Crippen LogP contribution is -2.56. The molecule has 1 saturated heterocycles. The zero-order valence-corrected chi connectivity index (χ0v) is 15.8. The number of hydrogen-bond donors (Lipinski definition) is 1. The van der Waals surface area contributed by atoms with Gasteiger partial charge in [0.15, 0.2) is 0 Å². The lowest BCUT2D eigenvalue weighted by atomic mass is 9.92. The Bertz CT molecular complexity index is 684. The van der Waals surface area contributed by atoms with Crippen molar-refractivity contribution >= 4 is 0 Å². The molecule has 0 amide bonds. The highest BCUT2D eigenvalue weighted by atomic mass is 16.5. The van der Waals surface area contributed by atoms with Crippen LogP contribution in [0.5, 0.6) is 0 Å². The quantitative estimate of drug-likeness (QED) is 0.864. The van der Waals surface area contributed by atoms with Gasteiger partial charge in [0.2, 0.25) is 0 Å². The maximum atomic E-state index is 5.52. The monoisotopic (exact) mass is 350 g/mol. The summed E-state index contributed by atoms with van der Waals surface area (Å²) in [6.45, 7) is 3.81. The highest BCUT2D eigenvalue weighted by Crippen LogP contribution is 2.34. The summed E-state index contributed by atoms with van der Waals surface area (Å²) in [5, 5.41) is 3.88. The molecule has 0 saturated carbocycles. The lowest BCUT2D eigenvalue weighted by Gasteiger charge is -2.41. The van der Waals surface area contributed by atoms with Gasteiger partial charge in [-0.15, -0.1) is 0 Å². The minimum absolute atomic E-state index is 0.151. The number of fused-ring (bicyclic) bond motifs is 1. The van der Waals surface area contributed by atoms with E-state index in [1.54, 1.807) is 0 Å². The standard InChI is InChI=1S/C23H30N2O/c1-25(17-19-7-3-2-4-8-19)23(18-24-22-11-13-26-14-12-22)15-20-9-5-6-10-21(20)16-23/h2-10,22,24H,11-18H2,1H3. The fourth-order valence-electron chi connectivity index (χ4n) is 4.46. The third kappa shape index (κ3) is 3.85. The van der Waals surface area contributed by atoms with Gasteiger partial charge in [-0.3, -0.25) is 4.90 Å². The molecule has 0 atom stereocenters. The molecule has 1 aliphatic heterocycles. The first-order chi connectivity index (χ1) is 12.8. The van der Waals surface area contributed by atoms with Crippen LogP contribution >= 0.6 is 0 Å². The number of nitrogens with one attached hydrogen (secondary N) is 1. The second-order valence-corrected chi connectivity index (χ2v) is 7.96. The van der Waals surface area contributed by atoms with Gasteiger partial charge in [-0.05, 0) is 49.4 Å². The van der Waals surface area contributed by atoms with Crippen LogP contribution in [0.15, 0.2) is 54.6 Å². The van der Waals surface area contributed by atoms with Crippen LogP contribution in [0.25, 0.3) is 0 Å². The molecule has 1 N–H and O–H groups in total. The molecule has 3 heteroatoms. The smallest absolute Gasteiger partial charge is 0.0480 e. The normalized spacial score (nSPS) is 19.6. The van der Waals surface area contributed by atoms with Crippen LogP contribution in [0, 0.1) is 0 Å². The van der Waals surface area contributed by atoms with Crippen molar-refractivity contribution < 1.29 is 4.74 Å². The summed E-state index contributed by atoms with van der Waals surface area (Å²) >= 11 is 0. The Labute approximate surface area is 157 Å². The van der Waals surface area contributed by atoms with Crippen molar-refractivity contribution in [3.63, 3.8) is 0 Å². The Balaban J connectivity index is 1.51. The fraction of sp³-hybridized carbons (Fsp3) is 0.478. The molecule has 2 aromatic rings. The first kappa shape index (κ1) is 17.7. The van der Waals surface area contributed by atoms with Gasteiger partial charge >= 0.3 is 0 Å². The number of ether oxygens (including phenoxy) is 1. The molecule has 1 aliphatic carbocycles. The average molecular weight is 351 g/mol. The van der Waals surface area contributed by atoms with Crippen molar-refractivity contribution in [1.82, 2.24) is 10.2 Å². The number of hydrogen-bond acceptors (Lipinski definition) is 3. The van der Waals surface area contributed by atoms with E-state index < -0.39 is 0 Å². The summed E-state index contributed by atoms with van der Waals surface area (Å²) in [7, 11) is 2.30. The van der Waals surface area contributed by atoms with Gasteiger partial charge in [0.25, 0.3) is 0 Å². The van der Waals surface area contributed by atoms with Crippen molar-refractivity contribution in [2.45, 2.75) is 43.8 Å². The Hall–Kier alpha value is -1.68. The molecule has 1 fully saturated rings. The van der Waals surface area contributed by atoms with Gasteiger partial charge in [-0.2, -0.15) is 0 Å². The molecule has 0 aromatic heterocycles. The van der Waals surface area contributed by atoms with Gasteiger partial charge in [0.1, 0.15) is 0 Å². The highest BCUT2D eigenvalue weighted by molar-refractivity contribution is 5.37. The molecule has 0 bridgehead atoms. The highest BCUT2D eigenvalue weighted by Gasteiger charge is 2.40. The molecule has 138 valence electrons. The molecule has 2 aromatic carbocycles. The first-order valence-electron chi connectivity index (χ1n) is 9.88. The zero-order valence-electron chi connectivity index (χ0n) is 15.8. The van der Waals surface area contributed by atoms with Gasteiger partial charge < -0.3 is 10.1 Å². The van der Waals surface area contributed by atoms with E-state index in [1.807, 2.05) is 0 Å². The molecular formula is C23H30N2O. The summed E-state index contributed by atoms with van der Waals surface area (Å²) in [6.07, 6.45) is 4.52. The number of likely N-dealkylation sites (N-methyl/N-ethyl adjacent to an activating group) is 1. The van der Waals surface area contributed by atoms with Crippen LogP contribution in [0.4, 0.5) is 0 Å². The van der Waals surface area contributed by atoms with Crippen LogP contribution < -0.4 is 5.32 Å². The largest absolute Gasteiger partial charge is 0.381 e. The Kier molecular flexibility index (Phi) is 5.39. The molecule has 3 nitrogen and oxygen atoms in total. The Morgan fingerprint density at radius 2 is 1.58 bits per heavy atom. The molecule has 2 aliphatic rings. The van der Waals surface area contributed by atoms with Crippen molar-refractivity contribution in [2.24, 2.45) is 0 Å². The molecule has 1 heterocycles. The van der Waals surface area contributed by atoms with Gasteiger partial charge in [0.05, 0.1) is 0 Å². The predicted molar refractivity (Wildman–Crippen MR) is 106 cm³/mol. The van der Waals surface area contributed by atoms with Crippen LogP contribution in [0.1, 0.15) is 29.5 Å². The van der Waals surface area contributed by atoms with Crippen molar-refractivity contribution in [3.05, 3.63) is 71.3 Å². The van der Waals surface area contributed by atoms with Crippen LogP contribution in [-0.2, 0) is 24.1 Å². The van der Waals surface area contributed by atoms with E-state index in [9.17, 15) is 0 Å². The zero-order chi connectivity index (χ0) is 17.8. The predicted octanol–water partition coefficient (Wildman–Crippen LogP) is 3.42. The van der Waals surface area contributed by atoms with Crippen LogP contribution in [0.3, 0.4) is 0 Å². The molecule has 0 spiro atoms. The number of benzene rings is 2. The Morgan fingerprint density at radius 3 is 2.23 bits per heavy atom. The topological polar surface area (TPSA) is 24.5 Å². The van der Waals surface area contributed by atoms with E-state index >= 15 is 0 Å². The third-order valence-electron chi connectivity index (χ3n) is 6.17. The van der Waals surface area contributed by atoms with Crippen molar-refractivity contribution in [3.8, 4) is 0 Å². The number of nitrogens with zero attached hydrogens (tertiary/aromatic N) is 1. The van der Waals surface area contributed by atoms with E-state index in [0.29, 0.717) is 6.04 Å². The molecule has 0 radical (unpaired) electrons. The second kappa shape index (κ2) is 7.91. The first-order valence-corrected chi connectivity index (χ1v) is 9.88. The summed E-state index contributed by atoms with van der Waals surface area (Å²) < 4.78 is 5.52. The van der Waals surface area contributed by atoms with E-state index in [4.69, 9.17) is 4.74 Å². The van der Waals surface area contributed by atoms with Gasteiger partial charge in [-0.25, -0.2) is 0 Å². The minimum atomic E-state index is 0.151. The summed E-state index contributed by atoms with van der Waals surface area (Å²) in [5.41, 5.74) is 4.57. The molecule has 0 unspecified atom stereocenters. The second-order valence-electron chi connectivity index (χ2n) is 7.96. The van der Waals surface area contributed by atoms with E-state index in [1.165, 1.54) is 16.7 Å². The van der Waals surface area contributed by atoms with Crippen molar-refractivity contribution in [2.75, 3.05) is 26.8 Å². The summed E-state index contributed by atoms with van der Waals surface area (Å²) in [6, 6.07) is 20.4. The molecular weight excluding hydrogens is 320 g/mol. The van der Waals surface area contributed by atoms with Crippen molar-refractivity contribution in [1.29, 1.82) is 0 Å². The average Bonchev–Trinajstić information content (AvgIpc) is 3.08. The van der Waals surface area contributed by atoms with Gasteiger partial charge in [-0.1, -0.05) is 54.6 Å². The summed E-state index contributed by atoms with van der Waals surface area (Å²) in [4.78, 5) is 2.58. The molecule has 4 rings (SSSR count). The SMILES string of the molecule is CN(Cc1ccccc1)C1(CNC2CCOCC2)Cc2ccccc2C1. The van der Waals surface area contributed by atoms with E-state index in [-0.39, 0.29) is 5.54 Å². The Morgan fingerprint density at radius 1 is 0.962 bits per heavy atom. The maximum Gasteiger partial charge on any atom is 0.0480 e. The number of rotatable bonds is 6. The van der Waals surface area contributed by atoms with Gasteiger partial charge in [0, 0.05) is 37.9 Å². The molecule has 26 heavy (non-hydrogen) atoms. The fourth-order valence-corrected chi connectivity index (χ4v) is 4.46. The minimum Gasteiger partial charge on any atom is -0.381 e. The van der Waals surface area contributed by atoms with Crippen LogP contribution in [-0.4, -0.2) is 43.3 Å². The summed E-state index contributed by atoms with van der Waals surface area (Å²) in [5.74, 6) is 0. The van der Waals surface area contributed by atoms with Crippen LogP contribution in [0.2, 0.25) is 0 Å². The van der Waals surface area contributed by atoms with E-state index in [2.05, 4.69) is 71.9 Å². The third-order valence-corrected chi connectivity index (χ3v) is 6.17. The maximum absolute atomic E-state index is 5.52. The van der Waals surface area contributed by atoms with E-state index in [0.717, 1.165) is 52.0 Å². The lowest BCUT2D eigenvalue weighted by molar-refractivity contribution is 0.0655.